The van der Waals surface area contributed by atoms with E-state index in [0.29, 0.717) is 11.4 Å². The van der Waals surface area contributed by atoms with Crippen LogP contribution in [0.5, 0.6) is 0 Å². The summed E-state index contributed by atoms with van der Waals surface area (Å²) in [6.07, 6.45) is -0.252. The summed E-state index contributed by atoms with van der Waals surface area (Å²) < 4.78 is 5.17. The van der Waals surface area contributed by atoms with Gasteiger partial charge in [0.2, 0.25) is 6.61 Å². The number of thiazole rings is 1. The largest absolute Gasteiger partial charge is 0.479 e. The zero-order chi connectivity index (χ0) is 20.3. The highest BCUT2D eigenvalue weighted by molar-refractivity contribution is 8.00. The van der Waals surface area contributed by atoms with E-state index in [9.17, 15) is 14.4 Å². The number of oxime groups is 1. The number of hydrogen-bond donors (Lipinski definition) is 4. The van der Waals surface area contributed by atoms with E-state index in [4.69, 9.17) is 15.6 Å². The van der Waals surface area contributed by atoms with Gasteiger partial charge in [-0.15, -0.1) is 23.1 Å². The lowest BCUT2D eigenvalue weighted by molar-refractivity contribution is -0.142. The number of ether oxygens (including phenoxy) is 1. The van der Waals surface area contributed by atoms with Gasteiger partial charge in [0.25, 0.3) is 5.91 Å². The molecular weight excluding hydrogens is 410 g/mol. The van der Waals surface area contributed by atoms with Crippen LogP contribution in [0, 0.1) is 0 Å². The normalized spacial score (nSPS) is 21.6. The van der Waals surface area contributed by atoms with Crippen molar-refractivity contribution in [2.24, 2.45) is 5.16 Å². The van der Waals surface area contributed by atoms with Gasteiger partial charge in [-0.2, -0.15) is 0 Å². The molecule has 11 nitrogen and oxygen atoms in total. The Morgan fingerprint density at radius 2 is 2.36 bits per heavy atom. The third kappa shape index (κ3) is 4.54. The minimum absolute atomic E-state index is 0.174. The smallest absolute Gasteiger partial charge is 0.355 e. The molecule has 1 aromatic rings. The zero-order valence-electron chi connectivity index (χ0n) is 14.6. The van der Waals surface area contributed by atoms with Crippen molar-refractivity contribution in [2.45, 2.75) is 18.4 Å². The Hall–Kier alpha value is -2.80. The molecule has 13 heteroatoms. The number of hydrogen-bond acceptors (Lipinski definition) is 11. The van der Waals surface area contributed by atoms with Crippen molar-refractivity contribution in [3.05, 3.63) is 22.3 Å². The number of rotatable bonds is 7. The van der Waals surface area contributed by atoms with Gasteiger partial charge in [0, 0.05) is 23.3 Å². The summed E-state index contributed by atoms with van der Waals surface area (Å²) in [6, 6.07) is 0. The molecule has 2 atom stereocenters. The summed E-state index contributed by atoms with van der Waals surface area (Å²) >= 11 is 2.63. The minimum atomic E-state index is -1.23. The van der Waals surface area contributed by atoms with Crippen LogP contribution >= 0.6 is 23.1 Å². The number of carboxylic acid groups (broad SMARTS) is 1. The summed E-state index contributed by atoms with van der Waals surface area (Å²) in [4.78, 5) is 43.6. The fraction of sp³-hybridized carbons (Fsp3) is 0.400. The first-order valence-corrected chi connectivity index (χ1v) is 10.0. The number of amides is 1. The van der Waals surface area contributed by atoms with E-state index in [0.717, 1.165) is 16.9 Å². The molecule has 5 N–H and O–H groups in total. The molecule has 2 unspecified atom stereocenters. The van der Waals surface area contributed by atoms with Gasteiger partial charge in [0.1, 0.15) is 17.5 Å². The molecule has 0 radical (unpaired) electrons. The third-order valence-electron chi connectivity index (χ3n) is 3.82. The number of cyclic esters (lactones) is 1. The maximum absolute atomic E-state index is 12.5. The molecule has 0 fully saturated rings. The Kier molecular flexibility index (Phi) is 6.04. The molecule has 3 heterocycles. The number of nitrogens with two attached hydrogens (primary N) is 1. The number of aromatic nitrogens is 1. The Morgan fingerprint density at radius 1 is 1.57 bits per heavy atom. The molecule has 0 spiro atoms. The van der Waals surface area contributed by atoms with E-state index in [1.807, 2.05) is 6.92 Å². The summed E-state index contributed by atoms with van der Waals surface area (Å²) in [5, 5.41) is 19.5. The Bertz CT molecular complexity index is 867. The summed E-state index contributed by atoms with van der Waals surface area (Å²) in [5.41, 5.74) is 6.91. The molecule has 2 aliphatic rings. The van der Waals surface area contributed by atoms with Crippen LogP contribution in [0.1, 0.15) is 12.6 Å². The molecule has 0 aliphatic carbocycles. The molecule has 0 aromatic carbocycles. The van der Waals surface area contributed by atoms with Crippen LogP contribution in [0.4, 0.5) is 5.13 Å². The first-order chi connectivity index (χ1) is 13.3. The van der Waals surface area contributed by atoms with Crippen LogP contribution in [0.25, 0.3) is 0 Å². The van der Waals surface area contributed by atoms with Gasteiger partial charge in [0.15, 0.2) is 10.8 Å². The standard InChI is InChI=1S/C15H17N5O6S2/c1-6-7-4-27-9(19-11(7)14(24)26-6)2-17-13(23)12(20-25-3-10(21)22)8-5-28-15(16)18-8/h5-6,9,19H,2-4H2,1H3,(H2,16,18)(H,17,23)(H,21,22)/b20-12-. The second-order valence-corrected chi connectivity index (χ2v) is 7.86. The van der Waals surface area contributed by atoms with Gasteiger partial charge in [0.05, 0.1) is 5.37 Å². The Balaban J connectivity index is 1.63. The predicted octanol–water partition coefficient (Wildman–Crippen LogP) is -0.491. The lowest BCUT2D eigenvalue weighted by atomic mass is 10.1. The molecule has 1 aromatic heterocycles. The first kappa shape index (κ1) is 19.9. The van der Waals surface area contributed by atoms with Gasteiger partial charge < -0.3 is 31.0 Å². The van der Waals surface area contributed by atoms with Gasteiger partial charge in [-0.1, -0.05) is 5.16 Å². The predicted molar refractivity (Wildman–Crippen MR) is 102 cm³/mol. The number of thioether (sulfide) groups is 1. The summed E-state index contributed by atoms with van der Waals surface area (Å²) in [6.45, 7) is 1.29. The first-order valence-electron chi connectivity index (χ1n) is 8.08. The van der Waals surface area contributed by atoms with Crippen molar-refractivity contribution in [1.29, 1.82) is 0 Å². The number of nitrogens with zero attached hydrogens (tertiary/aromatic N) is 2. The highest BCUT2D eigenvalue weighted by atomic mass is 32.2. The summed E-state index contributed by atoms with van der Waals surface area (Å²) in [5.74, 6) is -1.63. The van der Waals surface area contributed by atoms with Crippen molar-refractivity contribution in [3.8, 4) is 0 Å². The van der Waals surface area contributed by atoms with Gasteiger partial charge in [-0.05, 0) is 6.92 Å². The number of aliphatic carboxylic acids is 1. The van der Waals surface area contributed by atoms with E-state index >= 15 is 0 Å². The van der Waals surface area contributed by atoms with Gasteiger partial charge in [-0.25, -0.2) is 14.6 Å². The second kappa shape index (κ2) is 8.48. The van der Waals surface area contributed by atoms with E-state index in [-0.39, 0.29) is 34.6 Å². The maximum Gasteiger partial charge on any atom is 0.355 e. The number of carbonyl (C=O) groups is 3. The van der Waals surface area contributed by atoms with Crippen molar-refractivity contribution < 1.29 is 29.1 Å². The van der Waals surface area contributed by atoms with E-state index in [1.165, 1.54) is 17.1 Å². The average molecular weight is 427 g/mol. The molecule has 3 rings (SSSR count). The highest BCUT2D eigenvalue weighted by Gasteiger charge is 2.36. The van der Waals surface area contributed by atoms with Gasteiger partial charge >= 0.3 is 11.9 Å². The van der Waals surface area contributed by atoms with Crippen LogP contribution in [-0.4, -0.2) is 64.0 Å². The maximum atomic E-state index is 12.5. The zero-order valence-corrected chi connectivity index (χ0v) is 16.3. The van der Waals surface area contributed by atoms with Crippen LogP contribution in [-0.2, 0) is 24.0 Å². The molecule has 150 valence electrons. The molecule has 2 aliphatic heterocycles. The quantitative estimate of drug-likeness (QED) is 0.253. The number of esters is 1. The highest BCUT2D eigenvalue weighted by Crippen LogP contribution is 2.30. The molecular formula is C15H17N5O6S2. The average Bonchev–Trinajstić information content (AvgIpc) is 3.19. The number of anilines is 1. The summed E-state index contributed by atoms with van der Waals surface area (Å²) in [7, 11) is 0. The molecule has 0 bridgehead atoms. The van der Waals surface area contributed by atoms with E-state index in [2.05, 4.69) is 25.6 Å². The number of nitrogen functional groups attached to an aromatic ring is 1. The lowest BCUT2D eigenvalue weighted by Gasteiger charge is -2.24. The van der Waals surface area contributed by atoms with Crippen LogP contribution in [0.3, 0.4) is 0 Å². The van der Waals surface area contributed by atoms with Crippen molar-refractivity contribution in [1.82, 2.24) is 15.6 Å². The van der Waals surface area contributed by atoms with E-state index < -0.39 is 24.5 Å². The third-order valence-corrected chi connectivity index (χ3v) is 5.66. The Labute approximate surface area is 167 Å². The van der Waals surface area contributed by atoms with E-state index in [1.54, 1.807) is 0 Å². The Morgan fingerprint density at radius 3 is 3.04 bits per heavy atom. The monoisotopic (exact) mass is 427 g/mol. The van der Waals surface area contributed by atoms with Crippen LogP contribution in [0.2, 0.25) is 0 Å². The number of carboxylic acids is 1. The molecule has 28 heavy (non-hydrogen) atoms. The minimum Gasteiger partial charge on any atom is -0.479 e. The van der Waals surface area contributed by atoms with Crippen LogP contribution < -0.4 is 16.4 Å². The number of carbonyl (C=O) groups excluding carboxylic acids is 2. The molecule has 0 saturated carbocycles. The fourth-order valence-electron chi connectivity index (χ4n) is 2.49. The number of nitrogens with one attached hydrogen (secondary N) is 2. The second-order valence-electron chi connectivity index (χ2n) is 5.78. The van der Waals surface area contributed by atoms with Crippen molar-refractivity contribution >= 4 is 51.8 Å². The van der Waals surface area contributed by atoms with Crippen molar-refractivity contribution in [2.75, 3.05) is 24.6 Å². The van der Waals surface area contributed by atoms with Gasteiger partial charge in [-0.3, -0.25) is 4.79 Å². The van der Waals surface area contributed by atoms with Crippen LogP contribution in [0.15, 0.2) is 21.8 Å². The topological polar surface area (TPSA) is 165 Å². The fourth-order valence-corrected chi connectivity index (χ4v) is 4.20. The SMILES string of the molecule is CC1OC(=O)C2=C1CSC(CNC(=O)/C(=N\OCC(=O)O)c1csc(N)n1)N2. The lowest BCUT2D eigenvalue weighted by Crippen LogP contribution is -2.44. The van der Waals surface area contributed by atoms with Crippen molar-refractivity contribution in [3.63, 3.8) is 0 Å². The molecule has 1 amide bonds. The molecule has 0 saturated heterocycles.